The largest absolute Gasteiger partial charge is 0.368 e. The molecule has 6 nitrogen and oxygen atoms in total. The second-order valence-electron chi connectivity index (χ2n) is 9.41. The number of carbonyl (C=O) groups is 1. The average molecular weight is 433 g/mol. The number of nitrogens with two attached hydrogens (primary N) is 1. The first kappa shape index (κ1) is 21.0. The van der Waals surface area contributed by atoms with E-state index >= 15 is 0 Å². The second-order valence-corrected chi connectivity index (χ2v) is 9.41. The van der Waals surface area contributed by atoms with E-state index in [9.17, 15) is 9.59 Å². The molecule has 2 aromatic carbocycles. The number of likely N-dealkylation sites (tertiary alicyclic amines) is 1. The first-order valence-electron chi connectivity index (χ1n) is 11.8. The lowest BCUT2D eigenvalue weighted by Gasteiger charge is -2.41. The molecule has 2 heterocycles. The number of hydrogen-bond acceptors (Lipinski definition) is 3. The maximum Gasteiger partial charge on any atom is 0.330 e. The summed E-state index contributed by atoms with van der Waals surface area (Å²) in [6, 6.07) is 14.4. The third-order valence-electron chi connectivity index (χ3n) is 7.59. The van der Waals surface area contributed by atoms with Gasteiger partial charge in [-0.15, -0.1) is 0 Å². The van der Waals surface area contributed by atoms with E-state index in [-0.39, 0.29) is 11.7 Å². The molecule has 1 aliphatic carbocycles. The van der Waals surface area contributed by atoms with Crippen LogP contribution >= 0.6 is 0 Å². The first-order valence-corrected chi connectivity index (χ1v) is 11.8. The Morgan fingerprint density at radius 2 is 1.75 bits per heavy atom. The number of fused-ring (bicyclic) bond motifs is 2. The molecule has 5 rings (SSSR count). The fourth-order valence-corrected chi connectivity index (χ4v) is 5.94. The molecule has 1 saturated heterocycles. The van der Waals surface area contributed by atoms with Crippen molar-refractivity contribution in [2.45, 2.75) is 64.1 Å². The van der Waals surface area contributed by atoms with E-state index in [0.29, 0.717) is 6.04 Å². The van der Waals surface area contributed by atoms with Crippen molar-refractivity contribution in [1.82, 2.24) is 14.0 Å². The maximum atomic E-state index is 13.4. The van der Waals surface area contributed by atoms with Crippen molar-refractivity contribution >= 4 is 16.9 Å². The van der Waals surface area contributed by atoms with Gasteiger partial charge < -0.3 is 5.73 Å². The van der Waals surface area contributed by atoms with Gasteiger partial charge in [-0.3, -0.25) is 18.8 Å². The minimum absolute atomic E-state index is 0.130. The standard InChI is InChI=1S/C26H32N4O2/c1-17-7-5-8-19-9-6-12-23(24(17)19)28-15-13-20(14-16-28)30-22-11-4-3-10-21(22)29(26(30)32)18(2)25(27)31/h3-5,7-8,10-11,18,20,23H,6,9,12-16H2,1-2H3,(H2,27,31). The monoisotopic (exact) mass is 432 g/mol. The molecule has 2 atom stereocenters. The van der Waals surface area contributed by atoms with Gasteiger partial charge in [-0.25, -0.2) is 4.79 Å². The Bertz CT molecular complexity index is 1220. The van der Waals surface area contributed by atoms with E-state index in [1.54, 1.807) is 11.5 Å². The normalized spacial score (nSPS) is 20.9. The van der Waals surface area contributed by atoms with Crippen molar-refractivity contribution in [3.05, 3.63) is 69.6 Å². The van der Waals surface area contributed by atoms with Crippen LogP contribution in [0.3, 0.4) is 0 Å². The lowest BCUT2D eigenvalue weighted by Crippen LogP contribution is -2.41. The number of carbonyl (C=O) groups excluding carboxylic acids is 1. The van der Waals surface area contributed by atoms with Gasteiger partial charge in [0.25, 0.3) is 0 Å². The lowest BCUT2D eigenvalue weighted by atomic mass is 9.83. The zero-order valence-electron chi connectivity index (χ0n) is 19.0. The van der Waals surface area contributed by atoms with Gasteiger partial charge in [0.15, 0.2) is 0 Å². The number of primary amides is 1. The zero-order chi connectivity index (χ0) is 22.4. The highest BCUT2D eigenvalue weighted by atomic mass is 16.2. The fraction of sp³-hybridized carbons (Fsp3) is 0.462. The average Bonchev–Trinajstić information content (AvgIpc) is 3.10. The van der Waals surface area contributed by atoms with E-state index in [1.807, 2.05) is 28.8 Å². The van der Waals surface area contributed by atoms with Crippen LogP contribution in [0.4, 0.5) is 0 Å². The molecule has 0 saturated carbocycles. The number of rotatable bonds is 4. The highest BCUT2D eigenvalue weighted by molar-refractivity contribution is 5.82. The molecule has 1 aromatic heterocycles. The molecule has 2 N–H and O–H groups in total. The van der Waals surface area contributed by atoms with Gasteiger partial charge in [0.2, 0.25) is 5.91 Å². The van der Waals surface area contributed by atoms with Crippen LogP contribution in [0, 0.1) is 6.92 Å². The van der Waals surface area contributed by atoms with E-state index in [4.69, 9.17) is 5.73 Å². The lowest BCUT2D eigenvalue weighted by molar-refractivity contribution is -0.120. The van der Waals surface area contributed by atoms with Gasteiger partial charge in [0, 0.05) is 25.2 Å². The number of imidazole rings is 1. The van der Waals surface area contributed by atoms with Gasteiger partial charge in [-0.05, 0) is 74.8 Å². The van der Waals surface area contributed by atoms with Crippen LogP contribution < -0.4 is 11.4 Å². The molecular weight excluding hydrogens is 400 g/mol. The van der Waals surface area contributed by atoms with Crippen molar-refractivity contribution < 1.29 is 4.79 Å². The molecule has 2 unspecified atom stereocenters. The Hall–Kier alpha value is -2.86. The molecule has 1 aliphatic heterocycles. The zero-order valence-corrected chi connectivity index (χ0v) is 19.0. The molecule has 1 amide bonds. The minimum atomic E-state index is -0.671. The van der Waals surface area contributed by atoms with Gasteiger partial charge in [-0.2, -0.15) is 0 Å². The summed E-state index contributed by atoms with van der Waals surface area (Å²) < 4.78 is 3.47. The summed E-state index contributed by atoms with van der Waals surface area (Å²) in [5, 5.41) is 0. The Kier molecular flexibility index (Phi) is 5.41. The number of aryl methyl sites for hydroxylation is 2. The van der Waals surface area contributed by atoms with Gasteiger partial charge in [-0.1, -0.05) is 30.3 Å². The third kappa shape index (κ3) is 3.37. The van der Waals surface area contributed by atoms with Gasteiger partial charge in [0.05, 0.1) is 11.0 Å². The highest BCUT2D eigenvalue weighted by Gasteiger charge is 2.32. The van der Waals surface area contributed by atoms with Crippen molar-refractivity contribution in [2.75, 3.05) is 13.1 Å². The Balaban J connectivity index is 1.43. The number of para-hydroxylation sites is 2. The summed E-state index contributed by atoms with van der Waals surface area (Å²) in [5.41, 5.74) is 11.5. The third-order valence-corrected chi connectivity index (χ3v) is 7.59. The van der Waals surface area contributed by atoms with Crippen LogP contribution in [0.25, 0.3) is 11.0 Å². The molecule has 0 radical (unpaired) electrons. The Morgan fingerprint density at radius 1 is 1.03 bits per heavy atom. The first-order chi connectivity index (χ1) is 15.5. The van der Waals surface area contributed by atoms with Crippen LogP contribution in [-0.2, 0) is 11.2 Å². The van der Waals surface area contributed by atoms with E-state index in [0.717, 1.165) is 37.0 Å². The molecule has 2 aliphatic rings. The number of amides is 1. The van der Waals surface area contributed by atoms with Crippen molar-refractivity contribution in [2.24, 2.45) is 5.73 Å². The quantitative estimate of drug-likeness (QED) is 0.680. The van der Waals surface area contributed by atoms with Crippen LogP contribution in [0.15, 0.2) is 47.3 Å². The number of piperidine rings is 1. The maximum absolute atomic E-state index is 13.4. The topological polar surface area (TPSA) is 73.3 Å². The van der Waals surface area contributed by atoms with Crippen LogP contribution in [-0.4, -0.2) is 33.0 Å². The summed E-state index contributed by atoms with van der Waals surface area (Å²) in [7, 11) is 0. The number of hydrogen-bond donors (Lipinski definition) is 1. The van der Waals surface area contributed by atoms with Crippen molar-refractivity contribution in [3.8, 4) is 0 Å². The highest BCUT2D eigenvalue weighted by Crippen LogP contribution is 2.39. The molecule has 3 aromatic rings. The molecule has 168 valence electrons. The summed E-state index contributed by atoms with van der Waals surface area (Å²) in [6.45, 7) is 5.88. The molecule has 32 heavy (non-hydrogen) atoms. The molecule has 0 bridgehead atoms. The number of nitrogens with zero attached hydrogens (tertiary/aromatic N) is 3. The van der Waals surface area contributed by atoms with E-state index < -0.39 is 11.9 Å². The predicted octanol–water partition coefficient (Wildman–Crippen LogP) is 3.87. The summed E-state index contributed by atoms with van der Waals surface area (Å²) in [6.07, 6.45) is 5.47. The predicted molar refractivity (Wildman–Crippen MR) is 127 cm³/mol. The molecule has 0 spiro atoms. The van der Waals surface area contributed by atoms with Gasteiger partial charge in [0.1, 0.15) is 6.04 Å². The SMILES string of the molecule is Cc1cccc2c1C(N1CCC(n3c(=O)n(C(C)C(N)=O)c4ccccc43)CC1)CCC2. The molecule has 6 heteroatoms. The van der Waals surface area contributed by atoms with Crippen molar-refractivity contribution in [1.29, 1.82) is 0 Å². The summed E-state index contributed by atoms with van der Waals surface area (Å²) in [5.74, 6) is -0.490. The van der Waals surface area contributed by atoms with Crippen molar-refractivity contribution in [3.63, 3.8) is 0 Å². The Morgan fingerprint density at radius 3 is 2.47 bits per heavy atom. The minimum Gasteiger partial charge on any atom is -0.368 e. The smallest absolute Gasteiger partial charge is 0.330 e. The van der Waals surface area contributed by atoms with E-state index in [2.05, 4.69) is 30.0 Å². The molecule has 1 fully saturated rings. The van der Waals surface area contributed by atoms with Crippen LogP contribution in [0.1, 0.15) is 67.4 Å². The van der Waals surface area contributed by atoms with Crippen LogP contribution in [0.5, 0.6) is 0 Å². The Labute approximate surface area is 188 Å². The summed E-state index contributed by atoms with van der Waals surface area (Å²) >= 11 is 0. The molecular formula is C26H32N4O2. The van der Waals surface area contributed by atoms with Crippen LogP contribution in [0.2, 0.25) is 0 Å². The van der Waals surface area contributed by atoms with Gasteiger partial charge >= 0.3 is 5.69 Å². The second kappa shape index (κ2) is 8.24. The van der Waals surface area contributed by atoms with E-state index in [1.165, 1.54) is 36.0 Å². The number of benzene rings is 2. The number of aromatic nitrogens is 2. The summed E-state index contributed by atoms with van der Waals surface area (Å²) in [4.78, 5) is 27.9. The fourth-order valence-electron chi connectivity index (χ4n) is 5.94.